The average Bonchev–Trinajstić information content (AvgIpc) is 2.71. The van der Waals surface area contributed by atoms with Gasteiger partial charge in [0.15, 0.2) is 0 Å². The molecule has 0 saturated heterocycles. The van der Waals surface area contributed by atoms with Crippen molar-refractivity contribution in [2.24, 2.45) is 0 Å². The number of sulfonamides is 1. The second kappa shape index (κ2) is 9.17. The lowest BCUT2D eigenvalue weighted by Gasteiger charge is -2.17. The normalized spacial score (nSPS) is 10.8. The second-order valence-electron chi connectivity index (χ2n) is 5.90. The summed E-state index contributed by atoms with van der Waals surface area (Å²) in [5, 5.41) is 0. The van der Waals surface area contributed by atoms with Crippen LogP contribution in [0.1, 0.15) is 26.3 Å². The van der Waals surface area contributed by atoms with Gasteiger partial charge in [-0.05, 0) is 42.0 Å². The summed E-state index contributed by atoms with van der Waals surface area (Å²) >= 11 is 0. The number of nitrogens with one attached hydrogen (secondary N) is 1. The molecule has 0 fully saturated rings. The van der Waals surface area contributed by atoms with Crippen LogP contribution in [0, 0.1) is 12.3 Å². The molecule has 1 N–H and O–H groups in total. The predicted octanol–water partition coefficient (Wildman–Crippen LogP) is 1.66. The molecule has 2 aromatic rings. The van der Waals surface area contributed by atoms with Gasteiger partial charge in [0.05, 0.1) is 24.1 Å². The fourth-order valence-corrected chi connectivity index (χ4v) is 3.36. The molecule has 0 atom stereocenters. The van der Waals surface area contributed by atoms with Gasteiger partial charge in [0.2, 0.25) is 10.0 Å². The maximum absolute atomic E-state index is 12.6. The zero-order valence-corrected chi connectivity index (χ0v) is 16.3. The van der Waals surface area contributed by atoms with E-state index in [4.69, 9.17) is 6.42 Å². The minimum atomic E-state index is -3.70. The van der Waals surface area contributed by atoms with Crippen LogP contribution in [0.3, 0.4) is 0 Å². The molecule has 0 aliphatic heterocycles. The number of rotatable bonds is 7. The molecule has 0 aliphatic rings. The summed E-state index contributed by atoms with van der Waals surface area (Å²) in [6, 6.07) is 12.3. The number of benzene rings is 2. The molecule has 0 aliphatic carbocycles. The zero-order valence-electron chi connectivity index (χ0n) is 15.5. The van der Waals surface area contributed by atoms with Crippen molar-refractivity contribution in [1.29, 1.82) is 0 Å². The first-order chi connectivity index (χ1) is 13.3. The Morgan fingerprint density at radius 1 is 1.07 bits per heavy atom. The zero-order chi connectivity index (χ0) is 20.7. The summed E-state index contributed by atoms with van der Waals surface area (Å²) in [7, 11) is -0.758. The van der Waals surface area contributed by atoms with Crippen LogP contribution in [-0.2, 0) is 21.3 Å². The van der Waals surface area contributed by atoms with Gasteiger partial charge in [0.25, 0.3) is 5.91 Å². The molecule has 0 unspecified atom stereocenters. The molecule has 0 aromatic heterocycles. The fraction of sp³-hybridized carbons (Fsp3) is 0.200. The van der Waals surface area contributed by atoms with Crippen molar-refractivity contribution in [3.8, 4) is 12.3 Å². The molecule has 28 heavy (non-hydrogen) atoms. The molecule has 8 heteroatoms. The second-order valence-corrected chi connectivity index (χ2v) is 7.67. The Labute approximate surface area is 164 Å². The Kier molecular flexibility index (Phi) is 6.93. The lowest BCUT2D eigenvalue weighted by molar-refractivity contribution is 0.0600. The minimum absolute atomic E-state index is 0.0281. The lowest BCUT2D eigenvalue weighted by Crippen LogP contribution is -2.26. The largest absolute Gasteiger partial charge is 0.465 e. The molecule has 0 radical (unpaired) electrons. The van der Waals surface area contributed by atoms with Gasteiger partial charge in [-0.1, -0.05) is 18.1 Å². The van der Waals surface area contributed by atoms with E-state index in [1.807, 2.05) is 0 Å². The first kappa shape index (κ1) is 21.2. The van der Waals surface area contributed by atoms with E-state index >= 15 is 0 Å². The highest BCUT2D eigenvalue weighted by atomic mass is 32.2. The maximum atomic E-state index is 12.6. The quantitative estimate of drug-likeness (QED) is 0.564. The summed E-state index contributed by atoms with van der Waals surface area (Å²) in [5.41, 5.74) is 1.61. The molecule has 0 bridgehead atoms. The van der Waals surface area contributed by atoms with E-state index in [0.717, 1.165) is 5.56 Å². The van der Waals surface area contributed by atoms with Crippen molar-refractivity contribution in [2.75, 3.05) is 20.7 Å². The highest BCUT2D eigenvalue weighted by Crippen LogP contribution is 2.14. The molecule has 0 spiro atoms. The Hall–Kier alpha value is -3.15. The Balaban J connectivity index is 2.07. The number of ether oxygens (including phenoxy) is 1. The number of hydrogen-bond donors (Lipinski definition) is 1. The monoisotopic (exact) mass is 400 g/mol. The van der Waals surface area contributed by atoms with Gasteiger partial charge in [-0.25, -0.2) is 13.2 Å². The molecule has 0 saturated carbocycles. The third-order valence-corrected chi connectivity index (χ3v) is 5.33. The van der Waals surface area contributed by atoms with E-state index in [-0.39, 0.29) is 17.3 Å². The van der Waals surface area contributed by atoms with Gasteiger partial charge >= 0.3 is 5.97 Å². The predicted molar refractivity (Wildman–Crippen MR) is 104 cm³/mol. The van der Waals surface area contributed by atoms with Crippen LogP contribution >= 0.6 is 0 Å². The number of carbonyl (C=O) groups excluding carboxylic acids is 2. The number of amides is 1. The molecular formula is C20H20N2O5S. The SMILES string of the molecule is C#CCNS(=O)(=O)c1ccc(C(=O)N(C)Cc2ccc(C(=O)OC)cc2)cc1. The number of hydrogen-bond acceptors (Lipinski definition) is 5. The molecule has 146 valence electrons. The van der Waals surface area contributed by atoms with Crippen LogP contribution in [0.5, 0.6) is 0 Å². The van der Waals surface area contributed by atoms with Gasteiger partial charge in [-0.3, -0.25) is 4.79 Å². The van der Waals surface area contributed by atoms with Gasteiger partial charge in [0, 0.05) is 19.2 Å². The van der Waals surface area contributed by atoms with Gasteiger partial charge in [0.1, 0.15) is 0 Å². The Bertz CT molecular complexity index is 990. The fourth-order valence-electron chi connectivity index (χ4n) is 2.43. The van der Waals surface area contributed by atoms with Gasteiger partial charge in [-0.2, -0.15) is 4.72 Å². The number of carbonyl (C=O) groups is 2. The van der Waals surface area contributed by atoms with Crippen LogP contribution in [0.2, 0.25) is 0 Å². The smallest absolute Gasteiger partial charge is 0.337 e. The first-order valence-electron chi connectivity index (χ1n) is 8.24. The van der Waals surface area contributed by atoms with Gasteiger partial charge in [-0.15, -0.1) is 6.42 Å². The van der Waals surface area contributed by atoms with E-state index in [2.05, 4.69) is 15.4 Å². The molecule has 1 amide bonds. The van der Waals surface area contributed by atoms with Crippen LogP contribution < -0.4 is 4.72 Å². The summed E-state index contributed by atoms with van der Waals surface area (Å²) in [6.07, 6.45) is 5.05. The van der Waals surface area contributed by atoms with Crippen molar-refractivity contribution >= 4 is 21.9 Å². The highest BCUT2D eigenvalue weighted by Gasteiger charge is 2.16. The van der Waals surface area contributed by atoms with Gasteiger partial charge < -0.3 is 9.64 Å². The van der Waals surface area contributed by atoms with E-state index in [1.54, 1.807) is 31.3 Å². The van der Waals surface area contributed by atoms with E-state index in [9.17, 15) is 18.0 Å². The van der Waals surface area contributed by atoms with Crippen molar-refractivity contribution in [2.45, 2.75) is 11.4 Å². The molecule has 7 nitrogen and oxygen atoms in total. The third kappa shape index (κ3) is 5.19. The lowest BCUT2D eigenvalue weighted by atomic mass is 10.1. The summed E-state index contributed by atoms with van der Waals surface area (Å²) in [5.74, 6) is 1.50. The van der Waals surface area contributed by atoms with Crippen LogP contribution in [-0.4, -0.2) is 45.9 Å². The van der Waals surface area contributed by atoms with Crippen molar-refractivity contribution in [1.82, 2.24) is 9.62 Å². The molecule has 0 heterocycles. The van der Waals surface area contributed by atoms with Crippen LogP contribution in [0.25, 0.3) is 0 Å². The van der Waals surface area contributed by atoms with Crippen LogP contribution in [0.4, 0.5) is 0 Å². The Morgan fingerprint density at radius 3 is 2.18 bits per heavy atom. The summed E-state index contributed by atoms with van der Waals surface area (Å²) < 4.78 is 30.9. The highest BCUT2D eigenvalue weighted by molar-refractivity contribution is 7.89. The first-order valence-corrected chi connectivity index (χ1v) is 9.72. The summed E-state index contributed by atoms with van der Waals surface area (Å²) in [4.78, 5) is 25.5. The molecule has 2 aromatic carbocycles. The number of esters is 1. The number of methoxy groups -OCH3 is 1. The van der Waals surface area contributed by atoms with E-state index in [1.165, 1.54) is 36.3 Å². The summed E-state index contributed by atoms with van der Waals surface area (Å²) in [6.45, 7) is 0.213. The van der Waals surface area contributed by atoms with E-state index < -0.39 is 16.0 Å². The topological polar surface area (TPSA) is 92.8 Å². The Morgan fingerprint density at radius 2 is 1.64 bits per heavy atom. The maximum Gasteiger partial charge on any atom is 0.337 e. The van der Waals surface area contributed by atoms with Crippen molar-refractivity contribution < 1.29 is 22.7 Å². The average molecular weight is 400 g/mol. The van der Waals surface area contributed by atoms with Crippen LogP contribution in [0.15, 0.2) is 53.4 Å². The standard InChI is InChI=1S/C20H20N2O5S/c1-4-13-21-28(25,26)18-11-9-16(10-12-18)19(23)22(2)14-15-5-7-17(8-6-15)20(24)27-3/h1,5-12,21H,13-14H2,2-3H3. The van der Waals surface area contributed by atoms with Crippen molar-refractivity contribution in [3.63, 3.8) is 0 Å². The molecular weight excluding hydrogens is 380 g/mol. The number of terminal acetylenes is 1. The molecule has 2 rings (SSSR count). The number of nitrogens with zero attached hydrogens (tertiary/aromatic N) is 1. The van der Waals surface area contributed by atoms with Crippen molar-refractivity contribution in [3.05, 3.63) is 65.2 Å². The minimum Gasteiger partial charge on any atom is -0.465 e. The third-order valence-electron chi connectivity index (χ3n) is 3.92. The van der Waals surface area contributed by atoms with E-state index in [0.29, 0.717) is 17.7 Å².